The fraction of sp³-hybridized carbons (Fsp3) is 0.720. The summed E-state index contributed by atoms with van der Waals surface area (Å²) in [7, 11) is 0. The van der Waals surface area contributed by atoms with E-state index >= 15 is 0 Å². The van der Waals surface area contributed by atoms with Gasteiger partial charge in [0, 0.05) is 70.6 Å². The molecule has 0 aromatic heterocycles. The molecule has 0 bridgehead atoms. The first-order valence-corrected chi connectivity index (χ1v) is 12.5. The molecule has 0 radical (unpaired) electrons. The van der Waals surface area contributed by atoms with Crippen LogP contribution in [-0.2, 0) is 11.3 Å². The number of alkyl halides is 3. The molecule has 3 heterocycles. The van der Waals surface area contributed by atoms with Gasteiger partial charge in [0.25, 0.3) is 0 Å². The maximum Gasteiger partial charge on any atom is 0.425 e. The van der Waals surface area contributed by atoms with Gasteiger partial charge < -0.3 is 14.5 Å². The molecule has 3 atom stereocenters. The maximum absolute atomic E-state index is 12.7. The number of aryl methyl sites for hydroxylation is 1. The van der Waals surface area contributed by atoms with Gasteiger partial charge in [0.15, 0.2) is 6.10 Å². The fourth-order valence-corrected chi connectivity index (χ4v) is 5.69. The Balaban J connectivity index is 1.17. The Bertz CT molecular complexity index is 885. The zero-order valence-corrected chi connectivity index (χ0v) is 20.1. The van der Waals surface area contributed by atoms with Gasteiger partial charge in [-0.3, -0.25) is 9.80 Å². The summed E-state index contributed by atoms with van der Waals surface area (Å²) in [4.78, 5) is 21.0. The number of anilines is 1. The Morgan fingerprint density at radius 1 is 1.06 bits per heavy atom. The van der Waals surface area contributed by atoms with Crippen LogP contribution in [0, 0.1) is 18.8 Å². The predicted octanol–water partition coefficient (Wildman–Crippen LogP) is 3.73. The van der Waals surface area contributed by atoms with E-state index in [1.165, 1.54) is 47.6 Å². The van der Waals surface area contributed by atoms with Crippen molar-refractivity contribution in [1.29, 1.82) is 0 Å². The van der Waals surface area contributed by atoms with Crippen LogP contribution in [0.2, 0.25) is 0 Å². The van der Waals surface area contributed by atoms with Crippen molar-refractivity contribution in [3.8, 4) is 0 Å². The normalized spacial score (nSPS) is 27.2. The standard InChI is InChI=1S/C25H35F3N4O2/c1-17-3-4-19(12-29-7-9-30(10-8-29)24(33)34-18(2)25(26,27)28)23(11-17)32-15-20-13-31(22-5-6-22)14-21(20)16-32/h3-4,11,18,20-22H,5-10,12-16H2,1-2H3. The summed E-state index contributed by atoms with van der Waals surface area (Å²) in [6.45, 7) is 10.4. The van der Waals surface area contributed by atoms with Gasteiger partial charge in [-0.15, -0.1) is 0 Å². The molecule has 3 aliphatic heterocycles. The van der Waals surface area contributed by atoms with Gasteiger partial charge in [-0.1, -0.05) is 12.1 Å². The van der Waals surface area contributed by atoms with Crippen LogP contribution in [0.3, 0.4) is 0 Å². The molecule has 4 aliphatic rings. The fourth-order valence-electron chi connectivity index (χ4n) is 5.69. The number of likely N-dealkylation sites (tertiary alicyclic amines) is 1. The van der Waals surface area contributed by atoms with E-state index in [2.05, 4.69) is 44.6 Å². The molecule has 1 aliphatic carbocycles. The largest absolute Gasteiger partial charge is 0.437 e. The molecule has 1 saturated carbocycles. The Hall–Kier alpha value is -2.00. The Morgan fingerprint density at radius 3 is 2.29 bits per heavy atom. The number of benzene rings is 1. The SMILES string of the molecule is Cc1ccc(CN2CCN(C(=O)OC(C)C(F)(F)F)CC2)c(N2CC3CN(C4CC4)CC3C2)c1. The molecule has 34 heavy (non-hydrogen) atoms. The van der Waals surface area contributed by atoms with Gasteiger partial charge in [0.2, 0.25) is 0 Å². The lowest BCUT2D eigenvalue weighted by Crippen LogP contribution is -2.49. The lowest BCUT2D eigenvalue weighted by atomic mass is 10.0. The smallest absolute Gasteiger partial charge is 0.425 e. The van der Waals surface area contributed by atoms with Crippen LogP contribution >= 0.6 is 0 Å². The van der Waals surface area contributed by atoms with Crippen LogP contribution in [0.15, 0.2) is 18.2 Å². The number of amides is 1. The lowest BCUT2D eigenvalue weighted by Gasteiger charge is -2.35. The lowest BCUT2D eigenvalue weighted by molar-refractivity contribution is -0.200. The second-order valence-electron chi connectivity index (χ2n) is 10.6. The van der Waals surface area contributed by atoms with Gasteiger partial charge in [0.05, 0.1) is 0 Å². The number of rotatable bonds is 5. The minimum atomic E-state index is -4.54. The average molecular weight is 481 g/mol. The van der Waals surface area contributed by atoms with Gasteiger partial charge in [0.1, 0.15) is 0 Å². The maximum atomic E-state index is 12.7. The van der Waals surface area contributed by atoms with Crippen molar-refractivity contribution in [1.82, 2.24) is 14.7 Å². The van der Waals surface area contributed by atoms with Gasteiger partial charge in [-0.25, -0.2) is 4.79 Å². The number of nitrogens with zero attached hydrogens (tertiary/aromatic N) is 4. The summed E-state index contributed by atoms with van der Waals surface area (Å²) in [5.74, 6) is 1.50. The molecule has 3 unspecified atom stereocenters. The first-order valence-electron chi connectivity index (χ1n) is 12.5. The van der Waals surface area contributed by atoms with Gasteiger partial charge in [-0.2, -0.15) is 13.2 Å². The Labute approximate surface area is 199 Å². The van der Waals surface area contributed by atoms with E-state index in [1.807, 2.05) is 0 Å². The van der Waals surface area contributed by atoms with E-state index in [0.29, 0.717) is 26.2 Å². The molecule has 1 amide bonds. The zero-order chi connectivity index (χ0) is 24.0. The summed E-state index contributed by atoms with van der Waals surface area (Å²) < 4.78 is 42.7. The molecule has 1 aromatic carbocycles. The summed E-state index contributed by atoms with van der Waals surface area (Å²) in [5.41, 5.74) is 3.85. The monoisotopic (exact) mass is 480 g/mol. The number of piperazine rings is 1. The second kappa shape index (κ2) is 9.22. The van der Waals surface area contributed by atoms with E-state index < -0.39 is 18.4 Å². The second-order valence-corrected chi connectivity index (χ2v) is 10.6. The molecular formula is C25H35F3N4O2. The molecule has 0 N–H and O–H groups in total. The Kier molecular flexibility index (Phi) is 6.44. The minimum Gasteiger partial charge on any atom is -0.437 e. The van der Waals surface area contributed by atoms with E-state index in [9.17, 15) is 18.0 Å². The highest BCUT2D eigenvalue weighted by Gasteiger charge is 2.44. The van der Waals surface area contributed by atoms with Crippen molar-refractivity contribution in [3.63, 3.8) is 0 Å². The third-order valence-electron chi connectivity index (χ3n) is 7.92. The highest BCUT2D eigenvalue weighted by molar-refractivity contribution is 5.68. The van der Waals surface area contributed by atoms with Crippen LogP contribution < -0.4 is 4.90 Å². The minimum absolute atomic E-state index is 0.371. The topological polar surface area (TPSA) is 39.3 Å². The summed E-state index contributed by atoms with van der Waals surface area (Å²) in [6.07, 6.45) is -4.77. The van der Waals surface area contributed by atoms with Gasteiger partial charge in [-0.05, 0) is 55.7 Å². The first-order chi connectivity index (χ1) is 16.2. The molecule has 5 rings (SSSR count). The number of carbonyl (C=O) groups excluding carboxylic acids is 1. The summed E-state index contributed by atoms with van der Waals surface area (Å²) in [6, 6.07) is 7.50. The molecule has 0 spiro atoms. The first kappa shape index (κ1) is 23.7. The third-order valence-corrected chi connectivity index (χ3v) is 7.92. The van der Waals surface area contributed by atoms with Crippen LogP contribution in [0.25, 0.3) is 0 Å². The molecule has 188 valence electrons. The van der Waals surface area contributed by atoms with Crippen molar-refractivity contribution >= 4 is 11.8 Å². The van der Waals surface area contributed by atoms with Crippen molar-refractivity contribution in [3.05, 3.63) is 29.3 Å². The zero-order valence-electron chi connectivity index (χ0n) is 20.1. The molecular weight excluding hydrogens is 445 g/mol. The number of hydrogen-bond acceptors (Lipinski definition) is 5. The number of ether oxygens (including phenoxy) is 1. The highest BCUT2D eigenvalue weighted by Crippen LogP contribution is 2.40. The number of fused-ring (bicyclic) bond motifs is 1. The third kappa shape index (κ3) is 5.15. The molecule has 3 saturated heterocycles. The molecule has 1 aromatic rings. The average Bonchev–Trinajstić information content (AvgIpc) is 3.44. The van der Waals surface area contributed by atoms with Crippen LogP contribution in [0.4, 0.5) is 23.7 Å². The van der Waals surface area contributed by atoms with Gasteiger partial charge >= 0.3 is 12.3 Å². The van der Waals surface area contributed by atoms with E-state index in [1.54, 1.807) is 0 Å². The van der Waals surface area contributed by atoms with E-state index in [4.69, 9.17) is 0 Å². The molecule has 4 fully saturated rings. The van der Waals surface area contributed by atoms with Crippen molar-refractivity contribution in [2.45, 2.75) is 51.6 Å². The van der Waals surface area contributed by atoms with Crippen molar-refractivity contribution in [2.24, 2.45) is 11.8 Å². The molecule has 9 heteroatoms. The van der Waals surface area contributed by atoms with Crippen LogP contribution in [0.5, 0.6) is 0 Å². The predicted molar refractivity (Wildman–Crippen MR) is 124 cm³/mol. The van der Waals surface area contributed by atoms with Crippen LogP contribution in [-0.4, -0.2) is 91.5 Å². The number of carbonyl (C=O) groups is 1. The number of halogens is 3. The molecule has 6 nitrogen and oxygen atoms in total. The quantitative estimate of drug-likeness (QED) is 0.642. The summed E-state index contributed by atoms with van der Waals surface area (Å²) >= 11 is 0. The van der Waals surface area contributed by atoms with Crippen molar-refractivity contribution in [2.75, 3.05) is 57.3 Å². The van der Waals surface area contributed by atoms with E-state index in [-0.39, 0.29) is 0 Å². The highest BCUT2D eigenvalue weighted by atomic mass is 19.4. The van der Waals surface area contributed by atoms with E-state index in [0.717, 1.165) is 44.4 Å². The Morgan fingerprint density at radius 2 is 1.71 bits per heavy atom. The number of hydrogen-bond donors (Lipinski definition) is 0. The van der Waals surface area contributed by atoms with Crippen molar-refractivity contribution < 1.29 is 22.7 Å². The van der Waals surface area contributed by atoms with Crippen LogP contribution in [0.1, 0.15) is 30.9 Å². The summed E-state index contributed by atoms with van der Waals surface area (Å²) in [5, 5.41) is 0.